The van der Waals surface area contributed by atoms with Crippen LogP contribution in [-0.2, 0) is 0 Å². The Bertz CT molecular complexity index is 301. The van der Waals surface area contributed by atoms with E-state index in [9.17, 15) is 0 Å². The smallest absolute Gasteiger partial charge is 0.121 e. The number of aryl methyl sites for hydroxylation is 1. The van der Waals surface area contributed by atoms with Crippen LogP contribution in [0.4, 0.5) is 0 Å². The fourth-order valence-electron chi connectivity index (χ4n) is 2.04. The normalized spacial score (nSPS) is 18.0. The van der Waals surface area contributed by atoms with Crippen molar-refractivity contribution in [3.63, 3.8) is 0 Å². The van der Waals surface area contributed by atoms with E-state index in [-0.39, 0.29) is 0 Å². The van der Waals surface area contributed by atoms with Crippen LogP contribution >= 0.6 is 0 Å². The Kier molecular flexibility index (Phi) is 3.47. The Balaban J connectivity index is 1.91. The minimum Gasteiger partial charge on any atom is -0.465 e. The van der Waals surface area contributed by atoms with Crippen LogP contribution < -0.4 is 5.32 Å². The molecule has 0 aliphatic heterocycles. The van der Waals surface area contributed by atoms with Crippen molar-refractivity contribution >= 4 is 0 Å². The van der Waals surface area contributed by atoms with Crippen LogP contribution in [0.1, 0.15) is 50.2 Å². The minimum absolute atomic E-state index is 0.421. The van der Waals surface area contributed by atoms with Crippen LogP contribution in [0.5, 0.6) is 0 Å². The van der Waals surface area contributed by atoms with Crippen LogP contribution in [-0.4, -0.2) is 6.54 Å². The number of nitrogens with one attached hydrogen (secondary N) is 1. The average Bonchev–Trinajstić information content (AvgIpc) is 2.95. The molecule has 1 aliphatic carbocycles. The molecule has 1 fully saturated rings. The van der Waals surface area contributed by atoms with E-state index in [1.54, 1.807) is 0 Å². The molecule has 84 valence electrons. The van der Waals surface area contributed by atoms with Crippen LogP contribution in [0, 0.1) is 12.8 Å². The fraction of sp³-hybridized carbons (Fsp3) is 0.692. The van der Waals surface area contributed by atoms with E-state index in [2.05, 4.69) is 24.4 Å². The van der Waals surface area contributed by atoms with Gasteiger partial charge < -0.3 is 9.73 Å². The molecule has 2 nitrogen and oxygen atoms in total. The van der Waals surface area contributed by atoms with Crippen molar-refractivity contribution < 1.29 is 4.42 Å². The second-order valence-corrected chi connectivity index (χ2v) is 4.58. The van der Waals surface area contributed by atoms with E-state index < -0.39 is 0 Å². The van der Waals surface area contributed by atoms with Gasteiger partial charge in [-0.15, -0.1) is 0 Å². The molecule has 1 saturated carbocycles. The predicted molar refractivity (Wildman–Crippen MR) is 61.8 cm³/mol. The van der Waals surface area contributed by atoms with Gasteiger partial charge in [-0.05, 0) is 44.4 Å². The second-order valence-electron chi connectivity index (χ2n) is 4.58. The van der Waals surface area contributed by atoms with Gasteiger partial charge in [-0.25, -0.2) is 0 Å². The molecule has 2 rings (SSSR count). The van der Waals surface area contributed by atoms with Crippen molar-refractivity contribution in [2.24, 2.45) is 5.92 Å². The maximum atomic E-state index is 5.69. The number of rotatable bonds is 6. The highest BCUT2D eigenvalue weighted by Gasteiger charge is 2.23. The average molecular weight is 207 g/mol. The minimum atomic E-state index is 0.421. The lowest BCUT2D eigenvalue weighted by atomic mass is 10.1. The molecule has 0 spiro atoms. The van der Waals surface area contributed by atoms with Crippen molar-refractivity contribution in [2.45, 2.75) is 45.6 Å². The van der Waals surface area contributed by atoms with Crippen LogP contribution in [0.15, 0.2) is 16.5 Å². The van der Waals surface area contributed by atoms with Crippen molar-refractivity contribution in [1.82, 2.24) is 5.32 Å². The van der Waals surface area contributed by atoms with Crippen LogP contribution in [0.2, 0.25) is 0 Å². The fourth-order valence-corrected chi connectivity index (χ4v) is 2.04. The van der Waals surface area contributed by atoms with Gasteiger partial charge in [0.1, 0.15) is 11.5 Å². The maximum absolute atomic E-state index is 5.69. The van der Waals surface area contributed by atoms with E-state index in [0.717, 1.165) is 24.0 Å². The molecule has 0 saturated heterocycles. The molecule has 1 aliphatic rings. The SMILES string of the molecule is CCNC(CCC1CC1)c1ccc(C)o1. The first-order valence-corrected chi connectivity index (χ1v) is 6.09. The molecule has 1 heterocycles. The van der Waals surface area contributed by atoms with Gasteiger partial charge in [-0.1, -0.05) is 19.8 Å². The quantitative estimate of drug-likeness (QED) is 0.773. The summed E-state index contributed by atoms with van der Waals surface area (Å²) in [6.07, 6.45) is 5.44. The van der Waals surface area contributed by atoms with Crippen LogP contribution in [0.3, 0.4) is 0 Å². The van der Waals surface area contributed by atoms with Gasteiger partial charge in [0.05, 0.1) is 6.04 Å². The Morgan fingerprint density at radius 2 is 2.27 bits per heavy atom. The Labute approximate surface area is 92.1 Å². The third kappa shape index (κ3) is 3.10. The maximum Gasteiger partial charge on any atom is 0.121 e. The zero-order valence-electron chi connectivity index (χ0n) is 9.75. The third-order valence-electron chi connectivity index (χ3n) is 3.12. The molecule has 1 atom stereocenters. The van der Waals surface area contributed by atoms with E-state index >= 15 is 0 Å². The summed E-state index contributed by atoms with van der Waals surface area (Å²) in [5, 5.41) is 3.50. The molecule has 1 aromatic heterocycles. The van der Waals surface area contributed by atoms with E-state index in [0.29, 0.717) is 6.04 Å². The van der Waals surface area contributed by atoms with Gasteiger partial charge in [0, 0.05) is 0 Å². The van der Waals surface area contributed by atoms with Gasteiger partial charge in [0.25, 0.3) is 0 Å². The largest absolute Gasteiger partial charge is 0.465 e. The van der Waals surface area contributed by atoms with Gasteiger partial charge in [-0.3, -0.25) is 0 Å². The van der Waals surface area contributed by atoms with Gasteiger partial charge in [0.2, 0.25) is 0 Å². The lowest BCUT2D eigenvalue weighted by Gasteiger charge is -2.15. The van der Waals surface area contributed by atoms with Crippen LogP contribution in [0.25, 0.3) is 0 Å². The van der Waals surface area contributed by atoms with Crippen molar-refractivity contribution in [2.75, 3.05) is 6.54 Å². The first kappa shape index (κ1) is 10.7. The molecular weight excluding hydrogens is 186 g/mol. The molecule has 2 heteroatoms. The summed E-state index contributed by atoms with van der Waals surface area (Å²) in [6, 6.07) is 4.58. The molecule has 1 unspecified atom stereocenters. The zero-order chi connectivity index (χ0) is 10.7. The van der Waals surface area contributed by atoms with E-state index in [1.165, 1.54) is 25.7 Å². The summed E-state index contributed by atoms with van der Waals surface area (Å²) in [6.45, 7) is 5.17. The second kappa shape index (κ2) is 4.84. The van der Waals surface area contributed by atoms with E-state index in [1.807, 2.05) is 6.92 Å². The van der Waals surface area contributed by atoms with Gasteiger partial charge >= 0.3 is 0 Å². The summed E-state index contributed by atoms with van der Waals surface area (Å²) in [5.74, 6) is 3.12. The molecule has 1 aromatic rings. The molecule has 0 amide bonds. The predicted octanol–water partition coefficient (Wildman–Crippen LogP) is 3.43. The summed E-state index contributed by atoms with van der Waals surface area (Å²) >= 11 is 0. The molecule has 0 aromatic carbocycles. The summed E-state index contributed by atoms with van der Waals surface area (Å²) < 4.78 is 5.69. The Morgan fingerprint density at radius 1 is 1.47 bits per heavy atom. The highest BCUT2D eigenvalue weighted by atomic mass is 16.3. The highest BCUT2D eigenvalue weighted by molar-refractivity contribution is 5.09. The summed E-state index contributed by atoms with van der Waals surface area (Å²) in [7, 11) is 0. The number of furan rings is 1. The van der Waals surface area contributed by atoms with Crippen molar-refractivity contribution in [3.8, 4) is 0 Å². The lowest BCUT2D eigenvalue weighted by Crippen LogP contribution is -2.20. The lowest BCUT2D eigenvalue weighted by molar-refractivity contribution is 0.379. The molecule has 0 radical (unpaired) electrons. The monoisotopic (exact) mass is 207 g/mol. The Hall–Kier alpha value is -0.760. The third-order valence-corrected chi connectivity index (χ3v) is 3.12. The molecule has 15 heavy (non-hydrogen) atoms. The highest BCUT2D eigenvalue weighted by Crippen LogP contribution is 2.36. The topological polar surface area (TPSA) is 25.2 Å². The van der Waals surface area contributed by atoms with Gasteiger partial charge in [-0.2, -0.15) is 0 Å². The standard InChI is InChI=1S/C13H21NO/c1-3-14-12(8-7-11-5-6-11)13-9-4-10(2)15-13/h4,9,11-12,14H,3,5-8H2,1-2H3. The molecule has 0 bridgehead atoms. The molecule has 1 N–H and O–H groups in total. The number of hydrogen-bond acceptors (Lipinski definition) is 2. The summed E-state index contributed by atoms with van der Waals surface area (Å²) in [4.78, 5) is 0. The zero-order valence-corrected chi connectivity index (χ0v) is 9.75. The number of hydrogen-bond donors (Lipinski definition) is 1. The van der Waals surface area contributed by atoms with Gasteiger partial charge in [0.15, 0.2) is 0 Å². The summed E-state index contributed by atoms with van der Waals surface area (Å²) in [5.41, 5.74) is 0. The van der Waals surface area contributed by atoms with Crippen molar-refractivity contribution in [1.29, 1.82) is 0 Å². The molecular formula is C13H21NO. The Morgan fingerprint density at radius 3 is 2.80 bits per heavy atom. The van der Waals surface area contributed by atoms with E-state index in [4.69, 9.17) is 4.42 Å². The van der Waals surface area contributed by atoms with Crippen molar-refractivity contribution in [3.05, 3.63) is 23.7 Å². The first-order valence-electron chi connectivity index (χ1n) is 6.09. The first-order chi connectivity index (χ1) is 7.29.